The number of nitrogens with zero attached hydrogens (tertiary/aromatic N) is 2. The molecule has 0 spiro atoms. The van der Waals surface area contributed by atoms with E-state index in [1.165, 1.54) is 0 Å². The second-order valence-electron chi connectivity index (χ2n) is 5.06. The third kappa shape index (κ3) is 4.91. The van der Waals surface area contributed by atoms with Crippen LogP contribution in [0.25, 0.3) is 0 Å². The van der Waals surface area contributed by atoms with Gasteiger partial charge in [0.25, 0.3) is 0 Å². The van der Waals surface area contributed by atoms with Gasteiger partial charge in [-0.2, -0.15) is 0 Å². The normalized spacial score (nSPS) is 19.5. The first kappa shape index (κ1) is 14.3. The first-order valence-corrected chi connectivity index (χ1v) is 6.41. The molecule has 1 amide bonds. The summed E-state index contributed by atoms with van der Waals surface area (Å²) in [6.07, 6.45) is -0.232. The summed E-state index contributed by atoms with van der Waals surface area (Å²) in [5.74, 6) is 0.518. The van der Waals surface area contributed by atoms with Crippen LogP contribution in [0, 0.1) is 5.92 Å². The van der Waals surface area contributed by atoms with Crippen LogP contribution in [-0.4, -0.2) is 61.3 Å². The Kier molecular flexibility index (Phi) is 5.71. The van der Waals surface area contributed by atoms with E-state index in [1.807, 2.05) is 13.8 Å². The highest BCUT2D eigenvalue weighted by atomic mass is 16.6. The molecular formula is C12H25N3O2. The number of hydrogen-bond acceptors (Lipinski definition) is 4. The Morgan fingerprint density at radius 1 is 1.24 bits per heavy atom. The SMILES string of the molecule is CC(CN)CN1CCN(C(=O)OC(C)C)CC1. The van der Waals surface area contributed by atoms with E-state index < -0.39 is 0 Å². The second-order valence-corrected chi connectivity index (χ2v) is 5.06. The maximum absolute atomic E-state index is 11.7. The van der Waals surface area contributed by atoms with Gasteiger partial charge < -0.3 is 15.4 Å². The molecule has 0 aromatic rings. The van der Waals surface area contributed by atoms with Crippen molar-refractivity contribution in [2.45, 2.75) is 26.9 Å². The van der Waals surface area contributed by atoms with Gasteiger partial charge in [-0.25, -0.2) is 4.79 Å². The zero-order valence-corrected chi connectivity index (χ0v) is 11.2. The molecule has 5 nitrogen and oxygen atoms in total. The molecule has 17 heavy (non-hydrogen) atoms. The van der Waals surface area contributed by atoms with Crippen molar-refractivity contribution in [2.24, 2.45) is 11.7 Å². The predicted octanol–water partition coefficient (Wildman–Crippen LogP) is 0.744. The van der Waals surface area contributed by atoms with Gasteiger partial charge in [0.15, 0.2) is 0 Å². The second kappa shape index (κ2) is 6.81. The van der Waals surface area contributed by atoms with Gasteiger partial charge in [-0.15, -0.1) is 0 Å². The van der Waals surface area contributed by atoms with Gasteiger partial charge in [0, 0.05) is 32.7 Å². The zero-order valence-electron chi connectivity index (χ0n) is 11.2. The Hall–Kier alpha value is -0.810. The van der Waals surface area contributed by atoms with Gasteiger partial charge >= 0.3 is 6.09 Å². The number of hydrogen-bond donors (Lipinski definition) is 1. The first-order valence-electron chi connectivity index (χ1n) is 6.41. The van der Waals surface area contributed by atoms with E-state index in [1.54, 1.807) is 4.90 Å². The summed E-state index contributed by atoms with van der Waals surface area (Å²) in [4.78, 5) is 15.8. The molecule has 0 saturated carbocycles. The highest BCUT2D eigenvalue weighted by molar-refractivity contribution is 5.67. The lowest BCUT2D eigenvalue weighted by molar-refractivity contribution is 0.0550. The van der Waals surface area contributed by atoms with Crippen LogP contribution in [0.5, 0.6) is 0 Å². The Labute approximate surface area is 104 Å². The summed E-state index contributed by atoms with van der Waals surface area (Å²) < 4.78 is 5.18. The van der Waals surface area contributed by atoms with E-state index in [-0.39, 0.29) is 12.2 Å². The third-order valence-corrected chi connectivity index (χ3v) is 2.94. The van der Waals surface area contributed by atoms with Crippen molar-refractivity contribution in [3.8, 4) is 0 Å². The molecule has 5 heteroatoms. The highest BCUT2D eigenvalue weighted by Gasteiger charge is 2.23. The molecule has 1 heterocycles. The van der Waals surface area contributed by atoms with Crippen molar-refractivity contribution in [3.63, 3.8) is 0 Å². The molecule has 1 atom stereocenters. The fourth-order valence-corrected chi connectivity index (χ4v) is 1.90. The van der Waals surface area contributed by atoms with Crippen molar-refractivity contribution in [3.05, 3.63) is 0 Å². The third-order valence-electron chi connectivity index (χ3n) is 2.94. The van der Waals surface area contributed by atoms with Crippen LogP contribution in [-0.2, 0) is 4.74 Å². The Bertz CT molecular complexity index is 238. The number of piperazine rings is 1. The number of carbonyl (C=O) groups is 1. The van der Waals surface area contributed by atoms with Gasteiger partial charge in [0.2, 0.25) is 0 Å². The maximum Gasteiger partial charge on any atom is 0.410 e. The molecule has 1 rings (SSSR count). The number of ether oxygens (including phenoxy) is 1. The summed E-state index contributed by atoms with van der Waals surface area (Å²) in [5, 5.41) is 0. The Balaban J connectivity index is 2.28. The summed E-state index contributed by atoms with van der Waals surface area (Å²) in [6.45, 7) is 11.0. The standard InChI is InChI=1S/C12H25N3O2/c1-10(2)17-12(16)15-6-4-14(5-7-15)9-11(3)8-13/h10-11H,4-9,13H2,1-3H3. The summed E-state index contributed by atoms with van der Waals surface area (Å²) in [5.41, 5.74) is 5.61. The topological polar surface area (TPSA) is 58.8 Å². The van der Waals surface area contributed by atoms with Crippen LogP contribution in [0.4, 0.5) is 4.79 Å². The molecule has 1 aliphatic rings. The van der Waals surface area contributed by atoms with Crippen LogP contribution >= 0.6 is 0 Å². The lowest BCUT2D eigenvalue weighted by Gasteiger charge is -2.35. The summed E-state index contributed by atoms with van der Waals surface area (Å²) in [7, 11) is 0. The van der Waals surface area contributed by atoms with Crippen LogP contribution in [0.1, 0.15) is 20.8 Å². The lowest BCUT2D eigenvalue weighted by Crippen LogP contribution is -2.50. The molecule has 2 N–H and O–H groups in total. The van der Waals surface area contributed by atoms with Crippen molar-refractivity contribution in [1.29, 1.82) is 0 Å². The average Bonchev–Trinajstić information content (AvgIpc) is 2.28. The summed E-state index contributed by atoms with van der Waals surface area (Å²) >= 11 is 0. The Morgan fingerprint density at radius 3 is 2.29 bits per heavy atom. The Morgan fingerprint density at radius 2 is 1.82 bits per heavy atom. The largest absolute Gasteiger partial charge is 0.447 e. The number of carbonyl (C=O) groups excluding carboxylic acids is 1. The predicted molar refractivity (Wildman–Crippen MR) is 67.8 cm³/mol. The van der Waals surface area contributed by atoms with E-state index in [2.05, 4.69) is 11.8 Å². The highest BCUT2D eigenvalue weighted by Crippen LogP contribution is 2.07. The molecule has 100 valence electrons. The van der Waals surface area contributed by atoms with Gasteiger partial charge in [0.05, 0.1) is 6.10 Å². The molecule has 0 bridgehead atoms. The minimum absolute atomic E-state index is 0.0437. The van der Waals surface area contributed by atoms with E-state index in [0.717, 1.165) is 39.3 Å². The fraction of sp³-hybridized carbons (Fsp3) is 0.917. The van der Waals surface area contributed by atoms with Gasteiger partial charge in [-0.1, -0.05) is 6.92 Å². The molecular weight excluding hydrogens is 218 g/mol. The molecule has 1 saturated heterocycles. The fourth-order valence-electron chi connectivity index (χ4n) is 1.90. The number of nitrogens with two attached hydrogens (primary N) is 1. The maximum atomic E-state index is 11.7. The first-order chi connectivity index (χ1) is 8.02. The minimum Gasteiger partial charge on any atom is -0.447 e. The van der Waals surface area contributed by atoms with Crippen molar-refractivity contribution < 1.29 is 9.53 Å². The van der Waals surface area contributed by atoms with Gasteiger partial charge in [0.1, 0.15) is 0 Å². The van der Waals surface area contributed by atoms with Crippen molar-refractivity contribution in [1.82, 2.24) is 9.80 Å². The van der Waals surface area contributed by atoms with E-state index >= 15 is 0 Å². The number of rotatable bonds is 4. The van der Waals surface area contributed by atoms with Crippen LogP contribution in [0.15, 0.2) is 0 Å². The minimum atomic E-state index is -0.188. The molecule has 0 radical (unpaired) electrons. The lowest BCUT2D eigenvalue weighted by atomic mass is 10.1. The molecule has 1 fully saturated rings. The van der Waals surface area contributed by atoms with Crippen LogP contribution < -0.4 is 5.73 Å². The van der Waals surface area contributed by atoms with Gasteiger partial charge in [-0.05, 0) is 26.3 Å². The molecule has 0 aromatic heterocycles. The summed E-state index contributed by atoms with van der Waals surface area (Å²) in [6, 6.07) is 0. The van der Waals surface area contributed by atoms with E-state index in [0.29, 0.717) is 5.92 Å². The molecule has 0 aromatic carbocycles. The quantitative estimate of drug-likeness (QED) is 0.791. The van der Waals surface area contributed by atoms with E-state index in [4.69, 9.17) is 10.5 Å². The number of amides is 1. The van der Waals surface area contributed by atoms with Crippen molar-refractivity contribution >= 4 is 6.09 Å². The smallest absolute Gasteiger partial charge is 0.410 e. The van der Waals surface area contributed by atoms with Gasteiger partial charge in [-0.3, -0.25) is 4.90 Å². The molecule has 0 aliphatic carbocycles. The zero-order chi connectivity index (χ0) is 12.8. The van der Waals surface area contributed by atoms with Crippen LogP contribution in [0.2, 0.25) is 0 Å². The van der Waals surface area contributed by atoms with Crippen LogP contribution in [0.3, 0.4) is 0 Å². The monoisotopic (exact) mass is 243 g/mol. The van der Waals surface area contributed by atoms with E-state index in [9.17, 15) is 4.79 Å². The van der Waals surface area contributed by atoms with Crippen molar-refractivity contribution in [2.75, 3.05) is 39.3 Å². The molecule has 1 unspecified atom stereocenters. The molecule has 1 aliphatic heterocycles. The average molecular weight is 243 g/mol.